The van der Waals surface area contributed by atoms with Crippen molar-refractivity contribution in [2.75, 3.05) is 47.9 Å². The van der Waals surface area contributed by atoms with E-state index in [2.05, 4.69) is 9.97 Å². The summed E-state index contributed by atoms with van der Waals surface area (Å²) in [5.41, 5.74) is -0.257. The Morgan fingerprint density at radius 1 is 1.30 bits per heavy atom. The summed E-state index contributed by atoms with van der Waals surface area (Å²) in [5, 5.41) is 0. The summed E-state index contributed by atoms with van der Waals surface area (Å²) >= 11 is 0. The predicted octanol–water partition coefficient (Wildman–Crippen LogP) is 0.593. The summed E-state index contributed by atoms with van der Waals surface area (Å²) in [7, 11) is 6.83. The molecule has 1 spiro atoms. The molecule has 2 aliphatic rings. The number of rotatable bonds is 5. The Bertz CT molecular complexity index is 693. The Kier molecular flexibility index (Phi) is 5.50. The number of methoxy groups -OCH3 is 2. The van der Waals surface area contributed by atoms with E-state index in [1.54, 1.807) is 4.90 Å². The molecule has 1 aromatic rings. The molecule has 27 heavy (non-hydrogen) atoms. The lowest BCUT2D eigenvalue weighted by atomic mass is 9.76. The average Bonchev–Trinajstić information content (AvgIpc) is 2.95. The van der Waals surface area contributed by atoms with Crippen molar-refractivity contribution >= 4 is 11.9 Å². The SMILES string of the molecule is COc1cc(C(=O)N2CCC3(CC2)CC(CN(C)C)OC3=O)nc(OC)n1. The second-order valence-electron chi connectivity index (χ2n) is 7.35. The van der Waals surface area contributed by atoms with Gasteiger partial charge >= 0.3 is 12.0 Å². The Balaban J connectivity index is 1.67. The second-order valence-corrected chi connectivity index (χ2v) is 7.35. The first-order valence-corrected chi connectivity index (χ1v) is 8.99. The Hall–Kier alpha value is -2.42. The van der Waals surface area contributed by atoms with E-state index in [4.69, 9.17) is 14.2 Å². The van der Waals surface area contributed by atoms with Crippen LogP contribution in [0.4, 0.5) is 0 Å². The maximum Gasteiger partial charge on any atom is 0.320 e. The monoisotopic (exact) mass is 378 g/mol. The zero-order valence-corrected chi connectivity index (χ0v) is 16.2. The van der Waals surface area contributed by atoms with E-state index in [1.807, 2.05) is 19.0 Å². The predicted molar refractivity (Wildman–Crippen MR) is 95.8 cm³/mol. The van der Waals surface area contributed by atoms with Crippen molar-refractivity contribution in [3.63, 3.8) is 0 Å². The van der Waals surface area contributed by atoms with Crippen LogP contribution in [-0.4, -0.2) is 85.7 Å². The number of aromatic nitrogens is 2. The molecule has 1 amide bonds. The van der Waals surface area contributed by atoms with Crippen LogP contribution in [0.3, 0.4) is 0 Å². The van der Waals surface area contributed by atoms with Gasteiger partial charge in [-0.1, -0.05) is 0 Å². The van der Waals surface area contributed by atoms with E-state index < -0.39 is 5.41 Å². The molecule has 2 fully saturated rings. The number of hydrogen-bond donors (Lipinski definition) is 0. The minimum atomic E-state index is -0.474. The van der Waals surface area contributed by atoms with Gasteiger partial charge in [-0.25, -0.2) is 0 Å². The molecule has 1 aromatic heterocycles. The highest BCUT2D eigenvalue weighted by atomic mass is 16.6. The van der Waals surface area contributed by atoms with Crippen LogP contribution < -0.4 is 9.47 Å². The normalized spacial score (nSPS) is 21.4. The van der Waals surface area contributed by atoms with E-state index >= 15 is 0 Å². The molecule has 9 heteroatoms. The van der Waals surface area contributed by atoms with Crippen LogP contribution in [-0.2, 0) is 9.53 Å². The summed E-state index contributed by atoms with van der Waals surface area (Å²) in [6.45, 7) is 1.69. The van der Waals surface area contributed by atoms with Crippen molar-refractivity contribution in [1.29, 1.82) is 0 Å². The summed E-state index contributed by atoms with van der Waals surface area (Å²) in [6, 6.07) is 1.57. The number of carbonyl (C=O) groups excluding carboxylic acids is 2. The number of cyclic esters (lactones) is 1. The standard InChI is InChI=1S/C18H26N4O5/c1-21(2)11-12-10-18(16(24)27-12)5-7-22(8-6-18)15(23)13-9-14(25-3)20-17(19-13)26-4/h9,12H,5-8,10-11H2,1-4H3. The van der Waals surface area contributed by atoms with Crippen LogP contribution in [0, 0.1) is 5.41 Å². The molecule has 2 saturated heterocycles. The van der Waals surface area contributed by atoms with Crippen molar-refractivity contribution in [2.45, 2.75) is 25.4 Å². The smallest absolute Gasteiger partial charge is 0.320 e. The van der Waals surface area contributed by atoms with Crippen LogP contribution in [0.2, 0.25) is 0 Å². The van der Waals surface area contributed by atoms with Crippen molar-refractivity contribution in [3.05, 3.63) is 11.8 Å². The van der Waals surface area contributed by atoms with E-state index in [0.717, 1.165) is 6.54 Å². The molecule has 3 heterocycles. The molecule has 0 bridgehead atoms. The number of hydrogen-bond acceptors (Lipinski definition) is 8. The number of likely N-dealkylation sites (tertiary alicyclic amines) is 1. The van der Waals surface area contributed by atoms with Gasteiger partial charge in [0.25, 0.3) is 5.91 Å². The van der Waals surface area contributed by atoms with Gasteiger partial charge in [0.1, 0.15) is 11.8 Å². The fourth-order valence-corrected chi connectivity index (χ4v) is 3.76. The van der Waals surface area contributed by atoms with Gasteiger partial charge in [-0.15, -0.1) is 0 Å². The van der Waals surface area contributed by atoms with Crippen LogP contribution in [0.5, 0.6) is 11.9 Å². The molecule has 1 unspecified atom stereocenters. The zero-order valence-electron chi connectivity index (χ0n) is 16.2. The number of ether oxygens (including phenoxy) is 3. The number of likely N-dealkylation sites (N-methyl/N-ethyl adjacent to an activating group) is 1. The summed E-state index contributed by atoms with van der Waals surface area (Å²) in [6.07, 6.45) is 1.83. The number of carbonyl (C=O) groups is 2. The molecule has 0 aromatic carbocycles. The first kappa shape index (κ1) is 19.3. The van der Waals surface area contributed by atoms with Crippen LogP contribution in [0.25, 0.3) is 0 Å². The minimum absolute atomic E-state index is 0.0786. The molecule has 2 aliphatic heterocycles. The minimum Gasteiger partial charge on any atom is -0.481 e. The summed E-state index contributed by atoms with van der Waals surface area (Å²) in [4.78, 5) is 37.1. The van der Waals surface area contributed by atoms with Crippen molar-refractivity contribution in [2.24, 2.45) is 5.41 Å². The first-order chi connectivity index (χ1) is 12.9. The van der Waals surface area contributed by atoms with Gasteiger partial charge < -0.3 is 24.0 Å². The Morgan fingerprint density at radius 3 is 2.59 bits per heavy atom. The van der Waals surface area contributed by atoms with Gasteiger partial charge in [0, 0.05) is 32.1 Å². The molecule has 148 valence electrons. The molecule has 9 nitrogen and oxygen atoms in total. The third-order valence-corrected chi connectivity index (χ3v) is 5.19. The number of piperidine rings is 1. The molecule has 1 atom stereocenters. The number of nitrogens with zero attached hydrogens (tertiary/aromatic N) is 4. The lowest BCUT2D eigenvalue weighted by Crippen LogP contribution is -2.45. The van der Waals surface area contributed by atoms with Gasteiger partial charge in [0.05, 0.1) is 19.6 Å². The molecule has 0 N–H and O–H groups in total. The van der Waals surface area contributed by atoms with Crippen LogP contribution in [0.1, 0.15) is 29.8 Å². The highest BCUT2D eigenvalue weighted by molar-refractivity contribution is 5.93. The maximum absolute atomic E-state index is 12.8. The highest BCUT2D eigenvalue weighted by Crippen LogP contribution is 2.43. The Morgan fingerprint density at radius 2 is 2.00 bits per heavy atom. The molecule has 0 radical (unpaired) electrons. The van der Waals surface area contributed by atoms with Gasteiger partial charge in [0.2, 0.25) is 5.88 Å². The van der Waals surface area contributed by atoms with Gasteiger partial charge in [-0.3, -0.25) is 9.59 Å². The molecule has 3 rings (SSSR count). The van der Waals surface area contributed by atoms with Crippen molar-refractivity contribution < 1.29 is 23.8 Å². The fraction of sp³-hybridized carbons (Fsp3) is 0.667. The fourth-order valence-electron chi connectivity index (χ4n) is 3.76. The van der Waals surface area contributed by atoms with Gasteiger partial charge in [-0.2, -0.15) is 9.97 Å². The molecule has 0 saturated carbocycles. The lowest BCUT2D eigenvalue weighted by molar-refractivity contribution is -0.150. The maximum atomic E-state index is 12.8. The van der Waals surface area contributed by atoms with Crippen molar-refractivity contribution in [1.82, 2.24) is 19.8 Å². The van der Waals surface area contributed by atoms with E-state index in [-0.39, 0.29) is 35.6 Å². The summed E-state index contributed by atoms with van der Waals surface area (Å²) < 4.78 is 15.7. The number of esters is 1. The van der Waals surface area contributed by atoms with Crippen molar-refractivity contribution in [3.8, 4) is 11.9 Å². The van der Waals surface area contributed by atoms with Crippen LogP contribution >= 0.6 is 0 Å². The van der Waals surface area contributed by atoms with Gasteiger partial charge in [-0.05, 0) is 26.9 Å². The quantitative estimate of drug-likeness (QED) is 0.688. The Labute approximate surface area is 158 Å². The zero-order chi connectivity index (χ0) is 19.6. The third kappa shape index (κ3) is 3.97. The highest BCUT2D eigenvalue weighted by Gasteiger charge is 2.50. The van der Waals surface area contributed by atoms with E-state index in [9.17, 15) is 9.59 Å². The summed E-state index contributed by atoms with van der Waals surface area (Å²) in [5.74, 6) is -0.0866. The second kappa shape index (κ2) is 7.67. The average molecular weight is 378 g/mol. The largest absolute Gasteiger partial charge is 0.481 e. The van der Waals surface area contributed by atoms with E-state index in [1.165, 1.54) is 20.3 Å². The third-order valence-electron chi connectivity index (χ3n) is 5.19. The first-order valence-electron chi connectivity index (χ1n) is 8.99. The lowest BCUT2D eigenvalue weighted by Gasteiger charge is -2.36. The molecule has 0 aliphatic carbocycles. The number of amides is 1. The van der Waals surface area contributed by atoms with Crippen LogP contribution in [0.15, 0.2) is 6.07 Å². The topological polar surface area (TPSA) is 94.1 Å². The van der Waals surface area contributed by atoms with Gasteiger partial charge in [0.15, 0.2) is 0 Å². The molecular weight excluding hydrogens is 352 g/mol. The molecular formula is C18H26N4O5. The van der Waals surface area contributed by atoms with E-state index in [0.29, 0.717) is 32.4 Å².